The summed E-state index contributed by atoms with van der Waals surface area (Å²) in [6.07, 6.45) is 2.15. The molecule has 8 heteroatoms. The van der Waals surface area contributed by atoms with Crippen molar-refractivity contribution in [2.75, 3.05) is 45.2 Å². The monoisotopic (exact) mass is 475 g/mol. The maximum Gasteiger partial charge on any atom is 0.191 e. The summed E-state index contributed by atoms with van der Waals surface area (Å²) < 4.78 is 22.8. The van der Waals surface area contributed by atoms with Crippen LogP contribution in [0.25, 0.3) is 0 Å². The molecule has 6 nitrogen and oxygen atoms in total. The smallest absolute Gasteiger partial charge is 0.191 e. The van der Waals surface area contributed by atoms with Crippen LogP contribution in [0.5, 0.6) is 0 Å². The molecule has 0 aromatic rings. The normalized spacial score (nSPS) is 19.7. The van der Waals surface area contributed by atoms with Gasteiger partial charge in [-0.25, -0.2) is 0 Å². The van der Waals surface area contributed by atoms with E-state index in [0.717, 1.165) is 38.6 Å². The molecule has 0 spiro atoms. The first kappa shape index (κ1) is 24.1. The van der Waals surface area contributed by atoms with Gasteiger partial charge in [-0.1, -0.05) is 0 Å². The third-order valence-electron chi connectivity index (χ3n) is 3.42. The van der Waals surface area contributed by atoms with Gasteiger partial charge in [-0.2, -0.15) is 0 Å². The number of nitrogens with one attached hydrogen (secondary N) is 2. The van der Waals surface area contributed by atoms with Crippen LogP contribution in [0.2, 0.25) is 0 Å². The van der Waals surface area contributed by atoms with E-state index in [2.05, 4.69) is 15.6 Å². The predicted molar refractivity (Wildman–Crippen MR) is 112 cm³/mol. The summed E-state index contributed by atoms with van der Waals surface area (Å²) in [6.45, 7) is 12.5. The molecular weight excluding hydrogens is 441 g/mol. The largest absolute Gasteiger partial charge is 0.379 e. The standard InChI is InChI=1S/C16H33N3O3S.HI/c1-5-17-15(19-9-12-23(20)16(2,3)4)18-8-6-10-22-14-7-11-21-13-14;/h14H,5-13H2,1-4H3,(H2,17,18,19);1H. The Morgan fingerprint density at radius 1 is 1.38 bits per heavy atom. The van der Waals surface area contributed by atoms with Crippen molar-refractivity contribution in [1.82, 2.24) is 10.6 Å². The van der Waals surface area contributed by atoms with Crippen LogP contribution in [0, 0.1) is 0 Å². The van der Waals surface area contributed by atoms with E-state index in [1.54, 1.807) is 0 Å². The van der Waals surface area contributed by atoms with E-state index in [0.29, 0.717) is 25.4 Å². The molecule has 1 aliphatic rings. The summed E-state index contributed by atoms with van der Waals surface area (Å²) in [7, 11) is -0.845. The first-order valence-corrected chi connectivity index (χ1v) is 9.85. The lowest BCUT2D eigenvalue weighted by Gasteiger charge is -2.18. The maximum absolute atomic E-state index is 12.0. The van der Waals surface area contributed by atoms with Crippen LogP contribution >= 0.6 is 24.0 Å². The Bertz CT molecular complexity index is 383. The van der Waals surface area contributed by atoms with Crippen molar-refractivity contribution in [2.24, 2.45) is 4.99 Å². The van der Waals surface area contributed by atoms with Crippen molar-refractivity contribution in [1.29, 1.82) is 0 Å². The number of hydrogen-bond donors (Lipinski definition) is 2. The molecule has 1 fully saturated rings. The topological polar surface area (TPSA) is 72.0 Å². The molecule has 0 aromatic carbocycles. The van der Waals surface area contributed by atoms with Gasteiger partial charge in [0.1, 0.15) is 0 Å². The maximum atomic E-state index is 12.0. The van der Waals surface area contributed by atoms with E-state index < -0.39 is 10.8 Å². The molecule has 144 valence electrons. The van der Waals surface area contributed by atoms with Crippen molar-refractivity contribution in [2.45, 2.75) is 51.4 Å². The van der Waals surface area contributed by atoms with Gasteiger partial charge in [0, 0.05) is 54.1 Å². The Kier molecular flexibility index (Phi) is 13.3. The Labute approximate surface area is 166 Å². The second kappa shape index (κ2) is 13.3. The molecule has 1 rings (SSSR count). The highest BCUT2D eigenvalue weighted by molar-refractivity contribution is 14.0. The molecule has 24 heavy (non-hydrogen) atoms. The summed E-state index contributed by atoms with van der Waals surface area (Å²) >= 11 is 0. The van der Waals surface area contributed by atoms with E-state index in [-0.39, 0.29) is 34.8 Å². The minimum absolute atomic E-state index is 0. The molecule has 2 unspecified atom stereocenters. The first-order valence-electron chi connectivity index (χ1n) is 8.53. The average Bonchev–Trinajstić information content (AvgIpc) is 2.99. The fourth-order valence-electron chi connectivity index (χ4n) is 2.06. The van der Waals surface area contributed by atoms with Crippen LogP contribution in [-0.2, 0) is 20.3 Å². The highest BCUT2D eigenvalue weighted by Gasteiger charge is 2.18. The van der Waals surface area contributed by atoms with Crippen molar-refractivity contribution < 1.29 is 13.7 Å². The molecule has 1 aliphatic heterocycles. The van der Waals surface area contributed by atoms with E-state index in [1.807, 2.05) is 27.7 Å². The predicted octanol–water partition coefficient (Wildman–Crippen LogP) is 1.90. The lowest BCUT2D eigenvalue weighted by Crippen LogP contribution is -2.40. The van der Waals surface area contributed by atoms with Crippen LogP contribution in [0.3, 0.4) is 0 Å². The van der Waals surface area contributed by atoms with Gasteiger partial charge in [0.05, 0.1) is 12.7 Å². The third kappa shape index (κ3) is 10.8. The van der Waals surface area contributed by atoms with Gasteiger partial charge in [-0.05, 0) is 40.5 Å². The summed E-state index contributed by atoms with van der Waals surface area (Å²) in [5.74, 6) is 1.40. The van der Waals surface area contributed by atoms with Gasteiger partial charge in [-0.15, -0.1) is 24.0 Å². The van der Waals surface area contributed by atoms with Gasteiger partial charge in [0.2, 0.25) is 0 Å². The van der Waals surface area contributed by atoms with E-state index in [1.165, 1.54) is 0 Å². The van der Waals surface area contributed by atoms with E-state index in [9.17, 15) is 4.21 Å². The zero-order valence-corrected chi connectivity index (χ0v) is 18.6. The van der Waals surface area contributed by atoms with Crippen molar-refractivity contribution in [3.63, 3.8) is 0 Å². The molecule has 0 bridgehead atoms. The van der Waals surface area contributed by atoms with Crippen molar-refractivity contribution in [3.8, 4) is 0 Å². The van der Waals surface area contributed by atoms with Gasteiger partial charge in [-0.3, -0.25) is 9.20 Å². The number of halogens is 1. The Hall–Kier alpha value is 0.0700. The van der Waals surface area contributed by atoms with Crippen LogP contribution in [0.15, 0.2) is 4.99 Å². The molecule has 1 heterocycles. The van der Waals surface area contributed by atoms with Gasteiger partial charge < -0.3 is 20.1 Å². The number of hydrogen-bond acceptors (Lipinski definition) is 4. The highest BCUT2D eigenvalue weighted by Crippen LogP contribution is 2.10. The zero-order valence-electron chi connectivity index (χ0n) is 15.4. The van der Waals surface area contributed by atoms with Crippen LogP contribution in [0.4, 0.5) is 0 Å². The molecule has 0 saturated carbocycles. The lowest BCUT2D eigenvalue weighted by molar-refractivity contribution is 0.0424. The summed E-state index contributed by atoms with van der Waals surface area (Å²) in [6, 6.07) is 0. The van der Waals surface area contributed by atoms with E-state index >= 15 is 0 Å². The number of guanidine groups is 1. The first-order chi connectivity index (χ1) is 10.9. The second-order valence-corrected chi connectivity index (χ2v) is 8.88. The fourth-order valence-corrected chi connectivity index (χ4v) is 2.96. The van der Waals surface area contributed by atoms with Crippen LogP contribution in [0.1, 0.15) is 40.5 Å². The quantitative estimate of drug-likeness (QED) is 0.231. The number of nitrogens with zero attached hydrogens (tertiary/aromatic N) is 1. The molecular formula is C16H34IN3O3S. The Morgan fingerprint density at radius 2 is 2.12 bits per heavy atom. The van der Waals surface area contributed by atoms with Crippen LogP contribution in [-0.4, -0.2) is 66.2 Å². The summed E-state index contributed by atoms with van der Waals surface area (Å²) in [4.78, 5) is 4.52. The van der Waals surface area contributed by atoms with Gasteiger partial charge in [0.25, 0.3) is 0 Å². The number of ether oxygens (including phenoxy) is 2. The third-order valence-corrected chi connectivity index (χ3v) is 5.36. The SMILES string of the molecule is CCNC(=NCCCOC1CCOC1)NCCS(=O)C(C)(C)C.I. The molecule has 2 N–H and O–H groups in total. The lowest BCUT2D eigenvalue weighted by atomic mass is 10.3. The minimum Gasteiger partial charge on any atom is -0.379 e. The molecule has 2 atom stereocenters. The minimum atomic E-state index is -0.845. The Morgan fingerprint density at radius 3 is 2.71 bits per heavy atom. The highest BCUT2D eigenvalue weighted by atomic mass is 127. The average molecular weight is 475 g/mol. The number of aliphatic imine (C=N–C) groups is 1. The van der Waals surface area contributed by atoms with E-state index in [4.69, 9.17) is 9.47 Å². The van der Waals surface area contributed by atoms with Crippen molar-refractivity contribution in [3.05, 3.63) is 0 Å². The molecule has 0 aliphatic carbocycles. The second-order valence-electron chi connectivity index (χ2n) is 6.56. The zero-order chi connectivity index (χ0) is 17.1. The molecule has 0 aromatic heterocycles. The van der Waals surface area contributed by atoms with Gasteiger partial charge >= 0.3 is 0 Å². The molecule has 0 amide bonds. The Balaban J connectivity index is 0.00000529. The van der Waals surface area contributed by atoms with Gasteiger partial charge in [0.15, 0.2) is 5.96 Å². The molecule has 1 saturated heterocycles. The van der Waals surface area contributed by atoms with Crippen molar-refractivity contribution >= 4 is 40.7 Å². The fraction of sp³-hybridized carbons (Fsp3) is 0.938. The number of rotatable bonds is 9. The summed E-state index contributed by atoms with van der Waals surface area (Å²) in [5, 5.41) is 6.45. The molecule has 0 radical (unpaired) electrons. The summed E-state index contributed by atoms with van der Waals surface area (Å²) in [5.41, 5.74) is 0. The van der Waals surface area contributed by atoms with Crippen LogP contribution < -0.4 is 10.6 Å².